The maximum atomic E-state index is 5.05. The lowest BCUT2D eigenvalue weighted by Crippen LogP contribution is -2.43. The van der Waals surface area contributed by atoms with Crippen molar-refractivity contribution in [3.05, 3.63) is 83.9 Å². The highest BCUT2D eigenvalue weighted by atomic mass is 15.5. The third kappa shape index (κ3) is 3.30. The topological polar surface area (TPSA) is 36.3 Å². The molecule has 5 heteroatoms. The maximum Gasteiger partial charge on any atom is 0.159 e. The summed E-state index contributed by atoms with van der Waals surface area (Å²) in [5, 5.41) is 0. The number of fused-ring (bicyclic) bond motifs is 5. The van der Waals surface area contributed by atoms with Gasteiger partial charge in [0.05, 0.1) is 17.1 Å². The summed E-state index contributed by atoms with van der Waals surface area (Å²) < 4.78 is 2.22. The smallest absolute Gasteiger partial charge is 0.159 e. The van der Waals surface area contributed by atoms with Gasteiger partial charge < -0.3 is 15.2 Å². The van der Waals surface area contributed by atoms with Gasteiger partial charge in [0.1, 0.15) is 0 Å². The zero-order valence-corrected chi connectivity index (χ0v) is 19.5. The number of aromatic nitrogens is 2. The van der Waals surface area contributed by atoms with E-state index in [0.29, 0.717) is 0 Å². The zero-order valence-electron chi connectivity index (χ0n) is 19.5. The predicted molar refractivity (Wildman–Crippen MR) is 139 cm³/mol. The van der Waals surface area contributed by atoms with Crippen molar-refractivity contribution in [3.8, 4) is 11.4 Å². The molecule has 34 heavy (non-hydrogen) atoms. The molecule has 0 bridgehead atoms. The van der Waals surface area contributed by atoms with Crippen molar-refractivity contribution in [1.29, 1.82) is 0 Å². The van der Waals surface area contributed by atoms with Crippen LogP contribution in [0.15, 0.2) is 72.8 Å². The lowest BCUT2D eigenvalue weighted by molar-refractivity contribution is 0.208. The summed E-state index contributed by atoms with van der Waals surface area (Å²) >= 11 is 0. The molecule has 1 N–H and O–H groups in total. The van der Waals surface area contributed by atoms with E-state index in [2.05, 4.69) is 92.7 Å². The number of hydrogen-bond donors (Lipinski definition) is 1. The van der Waals surface area contributed by atoms with E-state index in [1.54, 1.807) is 0 Å². The molecule has 0 amide bonds. The van der Waals surface area contributed by atoms with Crippen LogP contribution in [0.3, 0.4) is 0 Å². The Hall–Kier alpha value is -3.31. The molecular formula is C29H31N5. The average molecular weight is 450 g/mol. The first-order valence-electron chi connectivity index (χ1n) is 12.8. The van der Waals surface area contributed by atoms with E-state index in [1.165, 1.54) is 61.2 Å². The minimum absolute atomic E-state index is 0.0992. The molecule has 1 aromatic heterocycles. The first kappa shape index (κ1) is 20.1. The molecule has 0 aliphatic carbocycles. The van der Waals surface area contributed by atoms with E-state index >= 15 is 0 Å². The summed E-state index contributed by atoms with van der Waals surface area (Å²) in [6, 6.07) is 27.1. The number of nitrogens with zero attached hydrogens (tertiary/aromatic N) is 4. The Bertz CT molecular complexity index is 1310. The number of likely N-dealkylation sites (tertiary alicyclic amines) is 1. The molecule has 0 spiro atoms. The fourth-order valence-electron chi connectivity index (χ4n) is 6.22. The second kappa shape index (κ2) is 8.17. The Kier molecular flexibility index (Phi) is 4.83. The highest BCUT2D eigenvalue weighted by molar-refractivity contribution is 5.86. The Morgan fingerprint density at radius 1 is 0.794 bits per heavy atom. The fraction of sp³-hybridized carbons (Fsp3) is 0.345. The Morgan fingerprint density at radius 3 is 2.38 bits per heavy atom. The SMILES string of the molecule is c1ccc([C@H]2Nn3c(nc4ccc(N5CCC(N6CCCC6)CC5)cc43)-c3ccccc32)cc1. The van der Waals surface area contributed by atoms with Gasteiger partial charge in [-0.2, -0.15) is 0 Å². The normalized spacial score (nSPS) is 20.8. The predicted octanol–water partition coefficient (Wildman–Crippen LogP) is 5.41. The molecule has 0 radical (unpaired) electrons. The van der Waals surface area contributed by atoms with Gasteiger partial charge in [-0.05, 0) is 68.1 Å². The zero-order chi connectivity index (χ0) is 22.5. The first-order chi connectivity index (χ1) is 16.8. The summed E-state index contributed by atoms with van der Waals surface area (Å²) in [4.78, 5) is 10.3. The Morgan fingerprint density at radius 2 is 1.56 bits per heavy atom. The van der Waals surface area contributed by atoms with Gasteiger partial charge in [0.15, 0.2) is 5.82 Å². The van der Waals surface area contributed by atoms with Gasteiger partial charge in [0.25, 0.3) is 0 Å². The van der Waals surface area contributed by atoms with E-state index in [-0.39, 0.29) is 6.04 Å². The van der Waals surface area contributed by atoms with E-state index < -0.39 is 0 Å². The molecule has 3 aliphatic rings. The van der Waals surface area contributed by atoms with Crippen LogP contribution in [-0.2, 0) is 0 Å². The molecule has 3 aromatic carbocycles. The van der Waals surface area contributed by atoms with Crippen LogP contribution >= 0.6 is 0 Å². The molecule has 1 atom stereocenters. The van der Waals surface area contributed by atoms with Crippen LogP contribution in [0.5, 0.6) is 0 Å². The highest BCUT2D eigenvalue weighted by Gasteiger charge is 2.29. The molecular weight excluding hydrogens is 418 g/mol. The van der Waals surface area contributed by atoms with E-state index in [4.69, 9.17) is 4.98 Å². The molecule has 0 saturated carbocycles. The van der Waals surface area contributed by atoms with Crippen molar-refractivity contribution in [2.24, 2.45) is 0 Å². The largest absolute Gasteiger partial charge is 0.371 e. The van der Waals surface area contributed by atoms with Crippen molar-refractivity contribution in [2.45, 2.75) is 37.8 Å². The molecule has 2 fully saturated rings. The van der Waals surface area contributed by atoms with Gasteiger partial charge >= 0.3 is 0 Å². The number of anilines is 1. The minimum atomic E-state index is 0.0992. The van der Waals surface area contributed by atoms with Crippen molar-refractivity contribution >= 4 is 16.7 Å². The van der Waals surface area contributed by atoms with Crippen LogP contribution in [-0.4, -0.2) is 46.8 Å². The molecule has 3 aliphatic heterocycles. The standard InChI is InChI=1S/C29H31N5/c1-2-8-21(9-3-1)28-24-10-4-5-11-25(24)29-30-26-13-12-23(20-27(26)34(29)31-28)33-18-14-22(15-19-33)32-16-6-7-17-32/h1-5,8-13,20,22,28,31H,6-7,14-19H2/t28-/m1/s1. The van der Waals surface area contributed by atoms with Gasteiger partial charge in [0, 0.05) is 30.4 Å². The third-order valence-corrected chi connectivity index (χ3v) is 8.03. The van der Waals surface area contributed by atoms with Gasteiger partial charge in [0.2, 0.25) is 0 Å². The summed E-state index contributed by atoms with van der Waals surface area (Å²) in [6.07, 6.45) is 5.29. The van der Waals surface area contributed by atoms with Crippen LogP contribution in [0, 0.1) is 0 Å². The minimum Gasteiger partial charge on any atom is -0.371 e. The van der Waals surface area contributed by atoms with Crippen molar-refractivity contribution in [1.82, 2.24) is 14.6 Å². The van der Waals surface area contributed by atoms with Crippen molar-refractivity contribution in [2.75, 3.05) is 36.5 Å². The van der Waals surface area contributed by atoms with Crippen molar-refractivity contribution < 1.29 is 0 Å². The van der Waals surface area contributed by atoms with Gasteiger partial charge in [-0.25, -0.2) is 9.66 Å². The van der Waals surface area contributed by atoms with Crippen LogP contribution in [0.4, 0.5) is 5.69 Å². The lowest BCUT2D eigenvalue weighted by atomic mass is 9.93. The quantitative estimate of drug-likeness (QED) is 0.453. The fourth-order valence-corrected chi connectivity index (χ4v) is 6.22. The molecule has 4 heterocycles. The first-order valence-corrected chi connectivity index (χ1v) is 12.8. The molecule has 2 saturated heterocycles. The van der Waals surface area contributed by atoms with Crippen LogP contribution < -0.4 is 10.3 Å². The molecule has 7 rings (SSSR count). The van der Waals surface area contributed by atoms with Crippen LogP contribution in [0.25, 0.3) is 22.4 Å². The van der Waals surface area contributed by atoms with E-state index in [0.717, 1.165) is 36.0 Å². The van der Waals surface area contributed by atoms with Gasteiger partial charge in [-0.3, -0.25) is 0 Å². The van der Waals surface area contributed by atoms with Crippen LogP contribution in [0.1, 0.15) is 42.9 Å². The molecule has 0 unspecified atom stereocenters. The summed E-state index contributed by atoms with van der Waals surface area (Å²) in [5.74, 6) is 1.00. The molecule has 4 aromatic rings. The second-order valence-corrected chi connectivity index (χ2v) is 9.97. The Labute approximate surface area is 201 Å². The third-order valence-electron chi connectivity index (χ3n) is 8.03. The molecule has 172 valence electrons. The van der Waals surface area contributed by atoms with Crippen molar-refractivity contribution in [3.63, 3.8) is 0 Å². The number of piperidine rings is 1. The number of imidazole rings is 1. The number of benzene rings is 3. The van der Waals surface area contributed by atoms with Gasteiger partial charge in [-0.1, -0.05) is 54.6 Å². The number of rotatable bonds is 3. The second-order valence-electron chi connectivity index (χ2n) is 9.97. The summed E-state index contributed by atoms with van der Waals surface area (Å²) in [5.41, 5.74) is 11.1. The van der Waals surface area contributed by atoms with E-state index in [1.807, 2.05) is 0 Å². The molecule has 5 nitrogen and oxygen atoms in total. The van der Waals surface area contributed by atoms with Gasteiger partial charge in [-0.15, -0.1) is 0 Å². The highest BCUT2D eigenvalue weighted by Crippen LogP contribution is 2.39. The number of nitrogens with one attached hydrogen (secondary N) is 1. The average Bonchev–Trinajstić information content (AvgIpc) is 3.57. The maximum absolute atomic E-state index is 5.05. The summed E-state index contributed by atoms with van der Waals surface area (Å²) in [6.45, 7) is 4.87. The monoisotopic (exact) mass is 449 g/mol. The summed E-state index contributed by atoms with van der Waals surface area (Å²) in [7, 11) is 0. The number of hydrogen-bond acceptors (Lipinski definition) is 4. The van der Waals surface area contributed by atoms with E-state index in [9.17, 15) is 0 Å². The Balaban J connectivity index is 1.23. The lowest BCUT2D eigenvalue weighted by Gasteiger charge is -2.37. The van der Waals surface area contributed by atoms with Crippen LogP contribution in [0.2, 0.25) is 0 Å².